The van der Waals surface area contributed by atoms with E-state index in [1.54, 1.807) is 0 Å². The minimum Gasteiger partial charge on any atom is -0.353 e. The molecule has 3 heterocycles. The molecule has 0 saturated carbocycles. The highest BCUT2D eigenvalue weighted by Gasteiger charge is 2.34. The summed E-state index contributed by atoms with van der Waals surface area (Å²) in [5.74, 6) is 0. The summed E-state index contributed by atoms with van der Waals surface area (Å²) in [4.78, 5) is 18.1. The van der Waals surface area contributed by atoms with Crippen molar-refractivity contribution in [3.05, 3.63) is 24.5 Å². The van der Waals surface area contributed by atoms with Crippen molar-refractivity contribution in [1.82, 2.24) is 19.3 Å². The highest BCUT2D eigenvalue weighted by atomic mass is 16.1. The number of likely N-dealkylation sites (tertiary alicyclic amines) is 1. The number of piperidine rings is 1. The maximum Gasteiger partial charge on any atom is 0.209 e. The Bertz CT molecular complexity index is 447. The first kappa shape index (κ1) is 14.6. The van der Waals surface area contributed by atoms with E-state index in [0.29, 0.717) is 12.2 Å². The molecule has 0 aliphatic carbocycles. The predicted molar refractivity (Wildman–Crippen MR) is 82.8 cm³/mol. The van der Waals surface area contributed by atoms with Crippen molar-refractivity contribution in [2.75, 3.05) is 33.2 Å². The van der Waals surface area contributed by atoms with E-state index in [1.165, 1.54) is 19.3 Å². The predicted octanol–water partition coefficient (Wildman–Crippen LogP) is 1.07. The second kappa shape index (κ2) is 6.62. The van der Waals surface area contributed by atoms with Crippen molar-refractivity contribution in [1.29, 1.82) is 0 Å². The summed E-state index contributed by atoms with van der Waals surface area (Å²) >= 11 is 0. The molecule has 2 fully saturated rings. The average molecular weight is 290 g/mol. The van der Waals surface area contributed by atoms with E-state index in [2.05, 4.69) is 45.9 Å². The summed E-state index contributed by atoms with van der Waals surface area (Å²) in [7, 11) is 2.19. The fourth-order valence-electron chi connectivity index (χ4n) is 3.68. The molecule has 5 nitrogen and oxygen atoms in total. The first-order chi connectivity index (χ1) is 10.3. The normalized spacial score (nSPS) is 28.7. The Balaban J connectivity index is 1.71. The Hall–Kier alpha value is -1.33. The van der Waals surface area contributed by atoms with Crippen molar-refractivity contribution in [2.24, 2.45) is 0 Å². The lowest BCUT2D eigenvalue weighted by Gasteiger charge is -2.48. The summed E-state index contributed by atoms with van der Waals surface area (Å²) in [5, 5.41) is 0. The first-order valence-corrected chi connectivity index (χ1v) is 8.04. The number of aromatic nitrogens is 1. The van der Waals surface area contributed by atoms with Gasteiger partial charge in [-0.05, 0) is 32.0 Å². The van der Waals surface area contributed by atoms with Gasteiger partial charge >= 0.3 is 0 Å². The van der Waals surface area contributed by atoms with Crippen molar-refractivity contribution in [2.45, 2.75) is 38.0 Å². The molecular formula is C16H26N4O. The third kappa shape index (κ3) is 3.30. The third-order valence-electron chi connectivity index (χ3n) is 4.94. The molecule has 2 aliphatic rings. The molecule has 0 aromatic carbocycles. The Kier molecular flexibility index (Phi) is 4.60. The molecule has 116 valence electrons. The lowest BCUT2D eigenvalue weighted by Crippen LogP contribution is -2.62. The molecule has 1 aromatic rings. The molecule has 3 rings (SSSR count). The monoisotopic (exact) mass is 290 g/mol. The highest BCUT2D eigenvalue weighted by molar-refractivity contribution is 5.47. The SMILES string of the molecule is CN1CCN(C=O)CC1N1CCCCC1Cn1cccc1. The maximum absolute atomic E-state index is 11.1. The minimum absolute atomic E-state index is 0.366. The standard InChI is InChI=1S/C16H26N4O/c1-17-10-11-19(14-21)13-16(17)20-9-3-2-6-15(20)12-18-7-4-5-8-18/h4-5,7-8,14-16H,2-3,6,9-13H2,1H3. The molecule has 21 heavy (non-hydrogen) atoms. The van der Waals surface area contributed by atoms with Crippen LogP contribution in [0.15, 0.2) is 24.5 Å². The van der Waals surface area contributed by atoms with Crippen LogP contribution in [0.3, 0.4) is 0 Å². The average Bonchev–Trinajstić information content (AvgIpc) is 3.02. The van der Waals surface area contributed by atoms with Gasteiger partial charge in [0, 0.05) is 51.2 Å². The zero-order valence-electron chi connectivity index (χ0n) is 12.9. The van der Waals surface area contributed by atoms with E-state index in [4.69, 9.17) is 0 Å². The van der Waals surface area contributed by atoms with Crippen LogP contribution < -0.4 is 0 Å². The van der Waals surface area contributed by atoms with Gasteiger partial charge in [-0.25, -0.2) is 0 Å². The third-order valence-corrected chi connectivity index (χ3v) is 4.94. The van der Waals surface area contributed by atoms with Crippen LogP contribution in [-0.4, -0.2) is 71.1 Å². The molecule has 5 heteroatoms. The van der Waals surface area contributed by atoms with Crippen LogP contribution in [0.4, 0.5) is 0 Å². The lowest BCUT2D eigenvalue weighted by molar-refractivity contribution is -0.124. The van der Waals surface area contributed by atoms with Crippen LogP contribution in [0.25, 0.3) is 0 Å². The highest BCUT2D eigenvalue weighted by Crippen LogP contribution is 2.24. The molecule has 1 aromatic heterocycles. The molecule has 0 radical (unpaired) electrons. The minimum atomic E-state index is 0.366. The van der Waals surface area contributed by atoms with Crippen LogP contribution >= 0.6 is 0 Å². The Morgan fingerprint density at radius 1 is 1.14 bits per heavy atom. The Morgan fingerprint density at radius 3 is 2.71 bits per heavy atom. The maximum atomic E-state index is 11.1. The Labute approximate surface area is 127 Å². The van der Waals surface area contributed by atoms with Gasteiger partial charge in [-0.1, -0.05) is 6.42 Å². The fourth-order valence-corrected chi connectivity index (χ4v) is 3.68. The number of piperazine rings is 1. The molecule has 2 unspecified atom stereocenters. The molecule has 1 amide bonds. The summed E-state index contributed by atoms with van der Waals surface area (Å²) < 4.78 is 2.28. The van der Waals surface area contributed by atoms with Gasteiger partial charge in [0.15, 0.2) is 0 Å². The largest absolute Gasteiger partial charge is 0.353 e. The quantitative estimate of drug-likeness (QED) is 0.778. The van der Waals surface area contributed by atoms with E-state index >= 15 is 0 Å². The molecule has 2 saturated heterocycles. The molecular weight excluding hydrogens is 264 g/mol. The second-order valence-corrected chi connectivity index (χ2v) is 6.33. The number of rotatable bonds is 4. The second-order valence-electron chi connectivity index (χ2n) is 6.33. The number of carbonyl (C=O) groups excluding carboxylic acids is 1. The summed E-state index contributed by atoms with van der Waals surface area (Å²) in [6.45, 7) is 4.86. The molecule has 0 N–H and O–H groups in total. The number of hydrogen-bond donors (Lipinski definition) is 0. The summed E-state index contributed by atoms with van der Waals surface area (Å²) in [6, 6.07) is 4.76. The number of hydrogen-bond acceptors (Lipinski definition) is 3. The van der Waals surface area contributed by atoms with Crippen LogP contribution in [0.1, 0.15) is 19.3 Å². The van der Waals surface area contributed by atoms with Gasteiger partial charge in [-0.3, -0.25) is 14.6 Å². The van der Waals surface area contributed by atoms with E-state index in [9.17, 15) is 4.79 Å². The molecule has 2 aliphatic heterocycles. The van der Waals surface area contributed by atoms with Crippen LogP contribution in [-0.2, 0) is 11.3 Å². The molecule has 2 atom stereocenters. The topological polar surface area (TPSA) is 31.7 Å². The summed E-state index contributed by atoms with van der Waals surface area (Å²) in [5.41, 5.74) is 0. The lowest BCUT2D eigenvalue weighted by atomic mass is 10.0. The fraction of sp³-hybridized carbons (Fsp3) is 0.688. The van der Waals surface area contributed by atoms with Crippen molar-refractivity contribution < 1.29 is 4.79 Å². The number of likely N-dealkylation sites (N-methyl/N-ethyl adjacent to an activating group) is 1. The van der Waals surface area contributed by atoms with Gasteiger partial charge in [-0.2, -0.15) is 0 Å². The smallest absolute Gasteiger partial charge is 0.209 e. The summed E-state index contributed by atoms with van der Waals surface area (Å²) in [6.07, 6.45) is 9.51. The van der Waals surface area contributed by atoms with E-state index < -0.39 is 0 Å². The number of nitrogens with zero attached hydrogens (tertiary/aromatic N) is 4. The van der Waals surface area contributed by atoms with Gasteiger partial charge in [0.2, 0.25) is 6.41 Å². The Morgan fingerprint density at radius 2 is 1.95 bits per heavy atom. The first-order valence-electron chi connectivity index (χ1n) is 8.04. The van der Waals surface area contributed by atoms with E-state index in [0.717, 1.165) is 39.1 Å². The van der Waals surface area contributed by atoms with Gasteiger partial charge < -0.3 is 9.47 Å². The van der Waals surface area contributed by atoms with Crippen molar-refractivity contribution in [3.63, 3.8) is 0 Å². The molecule has 0 bridgehead atoms. The van der Waals surface area contributed by atoms with Crippen LogP contribution in [0.5, 0.6) is 0 Å². The van der Waals surface area contributed by atoms with Crippen molar-refractivity contribution >= 4 is 6.41 Å². The van der Waals surface area contributed by atoms with Gasteiger partial charge in [0.05, 0.1) is 6.17 Å². The van der Waals surface area contributed by atoms with Gasteiger partial charge in [0.25, 0.3) is 0 Å². The van der Waals surface area contributed by atoms with E-state index in [1.807, 2.05) is 4.90 Å². The zero-order chi connectivity index (χ0) is 14.7. The molecule has 0 spiro atoms. The number of carbonyl (C=O) groups is 1. The van der Waals surface area contributed by atoms with E-state index in [-0.39, 0.29) is 0 Å². The van der Waals surface area contributed by atoms with Gasteiger partial charge in [-0.15, -0.1) is 0 Å². The van der Waals surface area contributed by atoms with Gasteiger partial charge in [0.1, 0.15) is 0 Å². The van der Waals surface area contributed by atoms with Crippen LogP contribution in [0.2, 0.25) is 0 Å². The number of amides is 1. The zero-order valence-corrected chi connectivity index (χ0v) is 12.9. The van der Waals surface area contributed by atoms with Crippen LogP contribution in [0, 0.1) is 0 Å². The van der Waals surface area contributed by atoms with Crippen molar-refractivity contribution in [3.8, 4) is 0 Å².